The maximum atomic E-state index is 13.9. The van der Waals surface area contributed by atoms with Crippen molar-refractivity contribution >= 4 is 25.6 Å². The van der Waals surface area contributed by atoms with E-state index in [4.69, 9.17) is 9.16 Å². The number of hydrogen-bond donors (Lipinski definition) is 3. The Hall–Kier alpha value is -3.66. The van der Waals surface area contributed by atoms with Gasteiger partial charge in [0.25, 0.3) is 0 Å². The van der Waals surface area contributed by atoms with Crippen molar-refractivity contribution in [2.45, 2.75) is 75.3 Å². The van der Waals surface area contributed by atoms with Crippen LogP contribution in [0.15, 0.2) is 42.5 Å². The second kappa shape index (κ2) is 9.19. The van der Waals surface area contributed by atoms with Crippen LogP contribution in [0.25, 0.3) is 0 Å². The predicted octanol–water partition coefficient (Wildman–Crippen LogP) is 4.27. The highest BCUT2D eigenvalue weighted by Gasteiger charge is 2.82. The average Bonchev–Trinajstić information content (AvgIpc) is 3.70. The van der Waals surface area contributed by atoms with Gasteiger partial charge in [-0.15, -0.1) is 0 Å². The van der Waals surface area contributed by atoms with E-state index in [9.17, 15) is 19.8 Å². The van der Waals surface area contributed by atoms with Crippen LogP contribution in [0, 0.1) is 23.7 Å². The number of carbonyl (C=O) groups is 2. The maximum absolute atomic E-state index is 13.9. The molecule has 0 unspecified atom stereocenters. The largest absolute Gasteiger partial charge is 0.507 e. The van der Waals surface area contributed by atoms with Crippen LogP contribution in [0.4, 0.5) is 5.69 Å². The number of rotatable bonds is 6. The van der Waals surface area contributed by atoms with Crippen molar-refractivity contribution in [2.24, 2.45) is 0 Å². The van der Waals surface area contributed by atoms with Crippen LogP contribution in [0.3, 0.4) is 0 Å². The Morgan fingerprint density at radius 3 is 2.25 bits per heavy atom. The molecule has 2 aromatic carbocycles. The summed E-state index contributed by atoms with van der Waals surface area (Å²) in [5.74, 6) is 10.8. The zero-order valence-electron chi connectivity index (χ0n) is 22.9. The van der Waals surface area contributed by atoms with Gasteiger partial charge in [0.05, 0.1) is 22.9 Å². The molecule has 1 saturated heterocycles. The van der Waals surface area contributed by atoms with Gasteiger partial charge in [-0.1, -0.05) is 68.7 Å². The van der Waals surface area contributed by atoms with Crippen molar-refractivity contribution in [3.8, 4) is 29.4 Å². The number of phenols is 1. The first kappa shape index (κ1) is 26.6. The quantitative estimate of drug-likeness (QED) is 0.181. The molecule has 2 bridgehead atoms. The summed E-state index contributed by atoms with van der Waals surface area (Å²) in [5, 5.41) is 26.3. The van der Waals surface area contributed by atoms with Gasteiger partial charge in [-0.3, -0.25) is 9.59 Å². The zero-order valence-corrected chi connectivity index (χ0v) is 23.9. The van der Waals surface area contributed by atoms with E-state index in [1.54, 1.807) is 36.4 Å². The number of epoxide rings is 1. The van der Waals surface area contributed by atoms with Gasteiger partial charge in [-0.25, -0.2) is 0 Å². The monoisotopic (exact) mass is 553 g/mol. The number of hydrogen-bond acceptors (Lipinski definition) is 7. The second-order valence-electron chi connectivity index (χ2n) is 10.8. The number of aliphatic hydroxyl groups is 1. The number of phenolic OH excluding ortho intramolecular Hbond substituents is 1. The molecule has 7 nitrogen and oxygen atoms in total. The maximum Gasteiger partial charge on any atom is 0.198 e. The number of aromatic hydroxyl groups is 1. The molecule has 2 aliphatic carbocycles. The Labute approximate surface area is 234 Å². The minimum Gasteiger partial charge on any atom is -0.507 e. The summed E-state index contributed by atoms with van der Waals surface area (Å²) >= 11 is 0. The fourth-order valence-corrected chi connectivity index (χ4v) is 9.76. The summed E-state index contributed by atoms with van der Waals surface area (Å²) in [6.45, 7) is 8.37. The van der Waals surface area contributed by atoms with Crippen LogP contribution < -0.4 is 5.32 Å². The first-order valence-corrected chi connectivity index (χ1v) is 16.3. The van der Waals surface area contributed by atoms with Gasteiger partial charge in [-0.2, -0.15) is 0 Å². The molecular weight excluding hydrogens is 522 g/mol. The van der Waals surface area contributed by atoms with Crippen molar-refractivity contribution < 1.29 is 29.0 Å². The molecule has 1 fully saturated rings. The van der Waals surface area contributed by atoms with Crippen molar-refractivity contribution in [2.75, 3.05) is 5.32 Å². The number of carbonyl (C=O) groups excluding carboxylic acids is 2. The number of benzene rings is 2. The van der Waals surface area contributed by atoms with E-state index in [2.05, 4.69) is 49.8 Å². The van der Waals surface area contributed by atoms with Gasteiger partial charge >= 0.3 is 0 Å². The Morgan fingerprint density at radius 2 is 1.62 bits per heavy atom. The summed E-state index contributed by atoms with van der Waals surface area (Å²) in [7, 11) is -2.13. The smallest absolute Gasteiger partial charge is 0.198 e. The normalized spacial score (nSPS) is 28.6. The summed E-state index contributed by atoms with van der Waals surface area (Å²) < 4.78 is 13.6. The Bertz CT molecular complexity index is 1610. The van der Waals surface area contributed by atoms with E-state index in [1.807, 2.05) is 6.92 Å². The first-order chi connectivity index (χ1) is 19.2. The number of ether oxygens (including phenoxy) is 1. The van der Waals surface area contributed by atoms with E-state index in [1.165, 1.54) is 6.07 Å². The van der Waals surface area contributed by atoms with Crippen molar-refractivity contribution in [1.29, 1.82) is 0 Å². The van der Waals surface area contributed by atoms with Crippen LogP contribution in [0.2, 0.25) is 18.1 Å². The second-order valence-corrected chi connectivity index (χ2v) is 15.5. The minimum absolute atomic E-state index is 0.0507. The number of ketones is 2. The van der Waals surface area contributed by atoms with Gasteiger partial charge in [0.1, 0.15) is 11.8 Å². The molecule has 2 heterocycles. The lowest BCUT2D eigenvalue weighted by molar-refractivity contribution is 0.0966. The molecule has 204 valence electrons. The third-order valence-corrected chi connectivity index (χ3v) is 13.9. The molecule has 5 atom stereocenters. The lowest BCUT2D eigenvalue weighted by Crippen LogP contribution is -2.57. The number of fused-ring (bicyclic) bond motifs is 4. The summed E-state index contributed by atoms with van der Waals surface area (Å²) in [6, 6.07) is 10.0. The van der Waals surface area contributed by atoms with E-state index in [-0.39, 0.29) is 28.0 Å². The highest BCUT2D eigenvalue weighted by molar-refractivity contribution is 6.73. The summed E-state index contributed by atoms with van der Waals surface area (Å²) in [5.41, 5.74) is -1.47. The van der Waals surface area contributed by atoms with Gasteiger partial charge in [0.15, 0.2) is 37.2 Å². The van der Waals surface area contributed by atoms with Crippen LogP contribution in [-0.2, 0) is 14.8 Å². The van der Waals surface area contributed by atoms with Gasteiger partial charge in [0, 0.05) is 16.7 Å². The van der Waals surface area contributed by atoms with Crippen molar-refractivity contribution in [3.63, 3.8) is 0 Å². The van der Waals surface area contributed by atoms with E-state index >= 15 is 0 Å². The molecule has 0 saturated carbocycles. The van der Waals surface area contributed by atoms with Crippen LogP contribution in [-0.4, -0.2) is 53.9 Å². The summed E-state index contributed by atoms with van der Waals surface area (Å²) in [6.07, 6.45) is 1.33. The zero-order chi connectivity index (χ0) is 28.4. The molecule has 8 heteroatoms. The molecule has 3 N–H and O–H groups in total. The Balaban J connectivity index is 1.61. The number of allylic oxidation sites excluding steroid dienone is 2. The van der Waals surface area contributed by atoms with Crippen LogP contribution in [0.1, 0.15) is 65.1 Å². The molecule has 2 aromatic rings. The molecule has 0 spiro atoms. The van der Waals surface area contributed by atoms with Gasteiger partial charge in [0.2, 0.25) is 0 Å². The van der Waals surface area contributed by atoms with E-state index in [0.717, 1.165) is 18.1 Å². The molecule has 6 rings (SSSR count). The topological polar surface area (TPSA) is 108 Å². The Morgan fingerprint density at radius 1 is 1.02 bits per heavy atom. The van der Waals surface area contributed by atoms with Crippen LogP contribution >= 0.6 is 0 Å². The molecule has 0 radical (unpaired) electrons. The van der Waals surface area contributed by atoms with E-state index < -0.39 is 49.3 Å². The number of aliphatic hydroxyl groups excluding tert-OH is 1. The van der Waals surface area contributed by atoms with Crippen LogP contribution in [0.5, 0.6) is 5.75 Å². The van der Waals surface area contributed by atoms with Gasteiger partial charge in [-0.05, 0) is 43.3 Å². The van der Waals surface area contributed by atoms with Crippen molar-refractivity contribution in [3.05, 3.63) is 70.3 Å². The lowest BCUT2D eigenvalue weighted by Gasteiger charge is -2.41. The molecule has 40 heavy (non-hydrogen) atoms. The molecule has 0 aromatic heterocycles. The molecule has 2 aliphatic heterocycles. The Kier molecular flexibility index (Phi) is 6.10. The third kappa shape index (κ3) is 3.31. The predicted molar refractivity (Wildman–Crippen MR) is 153 cm³/mol. The fourth-order valence-electron chi connectivity index (χ4n) is 6.83. The lowest BCUT2D eigenvalue weighted by atomic mass is 9.69. The summed E-state index contributed by atoms with van der Waals surface area (Å²) in [4.78, 5) is 27.4. The minimum atomic E-state index is -2.13. The fraction of sp³-hybridized carbons (Fsp3) is 0.375. The number of anilines is 1. The van der Waals surface area contributed by atoms with Crippen molar-refractivity contribution in [1.82, 2.24) is 0 Å². The third-order valence-electron chi connectivity index (χ3n) is 9.21. The molecule has 4 aliphatic rings. The highest BCUT2D eigenvalue weighted by atomic mass is 28.4. The van der Waals surface area contributed by atoms with Gasteiger partial charge < -0.3 is 24.7 Å². The molecule has 0 amide bonds. The highest BCUT2D eigenvalue weighted by Crippen LogP contribution is 2.68. The number of nitrogens with one attached hydrogen (secondary N) is 1. The standard InChI is InChI=1S/C32H31NO6Si/c1-5-40(6-2,7-3)38-19(4)31-24-16-10-8-9-11-17-25(35)32(31,39-31)22-18-23(34)26-27(28(22)33-24)30(37)21-15-13-12-14-20(21)29(26)36/h8-9,12-15,18-19,24-25,33-35H,5-7H2,1-4H3/b9-8-/t19-,24-,25-,31-,32-/m0/s1. The first-order valence-electron chi connectivity index (χ1n) is 13.8. The van der Waals surface area contributed by atoms with E-state index in [0.29, 0.717) is 11.3 Å². The SMILES string of the molecule is CC[Si](CC)(CC)O[C@@H](C)[C@@]12O[C@]13c1cc(O)c4c(c1N[C@H]2C#C/C=C\C#C[C@@H]3O)C(=O)c1ccccc1C4=O. The average molecular weight is 554 g/mol. The molecular formula is C32H31NO6Si.